The highest BCUT2D eigenvalue weighted by atomic mass is 16.3. The normalized spacial score (nSPS) is 16.8. The van der Waals surface area contributed by atoms with Crippen molar-refractivity contribution in [1.29, 1.82) is 0 Å². The van der Waals surface area contributed by atoms with Gasteiger partial charge in [-0.25, -0.2) is 9.48 Å². The summed E-state index contributed by atoms with van der Waals surface area (Å²) in [6, 6.07) is 9.57. The van der Waals surface area contributed by atoms with Crippen LogP contribution < -0.4 is 10.6 Å². The summed E-state index contributed by atoms with van der Waals surface area (Å²) in [6.07, 6.45) is 9.55. The van der Waals surface area contributed by atoms with Crippen LogP contribution in [-0.4, -0.2) is 33.1 Å². The van der Waals surface area contributed by atoms with Crippen LogP contribution in [0.2, 0.25) is 0 Å². The molecule has 1 saturated carbocycles. The van der Waals surface area contributed by atoms with Crippen molar-refractivity contribution in [1.82, 2.24) is 20.4 Å². The molecule has 134 valence electrons. The molecule has 1 aromatic heterocycles. The van der Waals surface area contributed by atoms with Gasteiger partial charge in [0.25, 0.3) is 0 Å². The lowest BCUT2D eigenvalue weighted by molar-refractivity contribution is 0.0277. The number of benzene rings is 1. The molecule has 6 heteroatoms. The van der Waals surface area contributed by atoms with Gasteiger partial charge in [0.15, 0.2) is 0 Å². The molecule has 1 aromatic carbocycles. The van der Waals surface area contributed by atoms with Crippen LogP contribution in [0.15, 0.2) is 42.7 Å². The third kappa shape index (κ3) is 5.06. The summed E-state index contributed by atoms with van der Waals surface area (Å²) in [7, 11) is 0. The highest BCUT2D eigenvalue weighted by Gasteiger charge is 2.28. The molecule has 0 saturated heterocycles. The molecular weight excluding hydrogens is 316 g/mol. The first kappa shape index (κ1) is 17.5. The van der Waals surface area contributed by atoms with Gasteiger partial charge < -0.3 is 15.7 Å². The van der Waals surface area contributed by atoms with E-state index >= 15 is 0 Å². The van der Waals surface area contributed by atoms with E-state index in [0.29, 0.717) is 13.1 Å². The Kier molecular flexibility index (Phi) is 5.71. The van der Waals surface area contributed by atoms with Crippen molar-refractivity contribution in [3.8, 4) is 5.69 Å². The number of nitrogens with zero attached hydrogens (tertiary/aromatic N) is 2. The number of aliphatic hydroxyl groups is 1. The van der Waals surface area contributed by atoms with Crippen LogP contribution >= 0.6 is 0 Å². The maximum Gasteiger partial charge on any atom is 0.315 e. The Morgan fingerprint density at radius 2 is 1.84 bits per heavy atom. The Balaban J connectivity index is 1.45. The topological polar surface area (TPSA) is 79.2 Å². The first-order chi connectivity index (χ1) is 12.1. The van der Waals surface area contributed by atoms with E-state index in [2.05, 4.69) is 15.7 Å². The molecule has 1 aliphatic rings. The fourth-order valence-electron chi connectivity index (χ4n) is 3.23. The van der Waals surface area contributed by atoms with Crippen LogP contribution in [0.4, 0.5) is 4.79 Å². The SMILES string of the molecule is O=C(NCc1cnn(-c2ccccc2)c1)NCC1(O)CCCCCC1. The van der Waals surface area contributed by atoms with Crippen molar-refractivity contribution in [3.63, 3.8) is 0 Å². The molecule has 1 fully saturated rings. The highest BCUT2D eigenvalue weighted by Crippen LogP contribution is 2.26. The molecule has 0 atom stereocenters. The monoisotopic (exact) mass is 342 g/mol. The minimum absolute atomic E-state index is 0.259. The summed E-state index contributed by atoms with van der Waals surface area (Å²) in [6.45, 7) is 0.708. The van der Waals surface area contributed by atoms with Gasteiger partial charge in [-0.3, -0.25) is 0 Å². The van der Waals surface area contributed by atoms with Gasteiger partial charge in [0.2, 0.25) is 0 Å². The number of hydrogen-bond acceptors (Lipinski definition) is 3. The molecular formula is C19H26N4O2. The van der Waals surface area contributed by atoms with Crippen molar-refractivity contribution >= 4 is 6.03 Å². The van der Waals surface area contributed by atoms with E-state index in [0.717, 1.165) is 36.9 Å². The van der Waals surface area contributed by atoms with E-state index in [1.165, 1.54) is 12.8 Å². The predicted molar refractivity (Wildman–Crippen MR) is 96.5 cm³/mol. The second-order valence-electron chi connectivity index (χ2n) is 6.80. The van der Waals surface area contributed by atoms with Crippen molar-refractivity contribution in [3.05, 3.63) is 48.3 Å². The van der Waals surface area contributed by atoms with E-state index in [-0.39, 0.29) is 6.03 Å². The third-order valence-electron chi connectivity index (χ3n) is 4.72. The van der Waals surface area contributed by atoms with Gasteiger partial charge in [-0.2, -0.15) is 5.10 Å². The molecule has 1 heterocycles. The summed E-state index contributed by atoms with van der Waals surface area (Å²) < 4.78 is 1.78. The Bertz CT molecular complexity index is 676. The largest absolute Gasteiger partial charge is 0.388 e. The number of aromatic nitrogens is 2. The van der Waals surface area contributed by atoms with Crippen molar-refractivity contribution in [2.75, 3.05) is 6.54 Å². The lowest BCUT2D eigenvalue weighted by atomic mass is 9.95. The number of hydrogen-bond donors (Lipinski definition) is 3. The van der Waals surface area contributed by atoms with E-state index in [4.69, 9.17) is 0 Å². The summed E-state index contributed by atoms with van der Waals surface area (Å²) in [5.74, 6) is 0. The van der Waals surface area contributed by atoms with Gasteiger partial charge >= 0.3 is 6.03 Å². The Labute approximate surface area is 148 Å². The molecule has 0 spiro atoms. The smallest absolute Gasteiger partial charge is 0.315 e. The van der Waals surface area contributed by atoms with Crippen molar-refractivity contribution < 1.29 is 9.90 Å². The second-order valence-corrected chi connectivity index (χ2v) is 6.80. The first-order valence-corrected chi connectivity index (χ1v) is 8.98. The standard InChI is InChI=1S/C19H26N4O2/c24-18(21-15-19(25)10-6-1-2-7-11-19)20-12-16-13-22-23(14-16)17-8-4-3-5-9-17/h3-5,8-9,13-14,25H,1-2,6-7,10-12,15H2,(H2,20,21,24). The van der Waals surface area contributed by atoms with E-state index in [1.807, 2.05) is 36.5 Å². The number of carbonyl (C=O) groups excluding carboxylic acids is 1. The minimum Gasteiger partial charge on any atom is -0.388 e. The molecule has 0 aliphatic heterocycles. The Hall–Kier alpha value is -2.34. The van der Waals surface area contributed by atoms with Crippen LogP contribution in [0.5, 0.6) is 0 Å². The second kappa shape index (κ2) is 8.16. The molecule has 2 amide bonds. The molecule has 0 unspecified atom stereocenters. The van der Waals surface area contributed by atoms with Crippen LogP contribution in [0.25, 0.3) is 5.69 Å². The fourth-order valence-corrected chi connectivity index (χ4v) is 3.23. The maximum atomic E-state index is 12.0. The van der Waals surface area contributed by atoms with Gasteiger partial charge in [0.1, 0.15) is 0 Å². The molecule has 0 radical (unpaired) electrons. The molecule has 3 N–H and O–H groups in total. The van der Waals surface area contributed by atoms with Gasteiger partial charge in [-0.1, -0.05) is 43.9 Å². The van der Waals surface area contributed by atoms with Crippen molar-refractivity contribution in [2.24, 2.45) is 0 Å². The number of nitrogens with one attached hydrogen (secondary N) is 2. The van der Waals surface area contributed by atoms with Crippen LogP contribution in [0, 0.1) is 0 Å². The number of para-hydroxylation sites is 1. The Morgan fingerprint density at radius 3 is 2.56 bits per heavy atom. The highest BCUT2D eigenvalue weighted by molar-refractivity contribution is 5.73. The zero-order valence-corrected chi connectivity index (χ0v) is 14.4. The van der Waals surface area contributed by atoms with Gasteiger partial charge in [-0.15, -0.1) is 0 Å². The quantitative estimate of drug-likeness (QED) is 0.731. The number of carbonyl (C=O) groups is 1. The molecule has 0 bridgehead atoms. The van der Waals surface area contributed by atoms with Crippen molar-refractivity contribution in [2.45, 2.75) is 50.7 Å². The zero-order valence-electron chi connectivity index (χ0n) is 14.4. The summed E-state index contributed by atoms with van der Waals surface area (Å²) >= 11 is 0. The molecule has 3 rings (SSSR count). The lowest BCUT2D eigenvalue weighted by Crippen LogP contribution is -2.46. The number of rotatable bonds is 5. The van der Waals surface area contributed by atoms with Gasteiger partial charge in [0.05, 0.1) is 17.5 Å². The minimum atomic E-state index is -0.758. The lowest BCUT2D eigenvalue weighted by Gasteiger charge is -2.26. The predicted octanol–water partition coefficient (Wildman–Crippen LogP) is 2.76. The number of amides is 2. The average Bonchev–Trinajstić information content (AvgIpc) is 3.01. The fraction of sp³-hybridized carbons (Fsp3) is 0.474. The average molecular weight is 342 g/mol. The van der Waals surface area contributed by atoms with E-state index < -0.39 is 5.60 Å². The maximum absolute atomic E-state index is 12.0. The van der Waals surface area contributed by atoms with Gasteiger partial charge in [0, 0.05) is 24.8 Å². The first-order valence-electron chi connectivity index (χ1n) is 8.98. The van der Waals surface area contributed by atoms with Gasteiger partial charge in [-0.05, 0) is 25.0 Å². The summed E-state index contributed by atoms with van der Waals surface area (Å²) in [5.41, 5.74) is 1.15. The molecule has 2 aromatic rings. The van der Waals surface area contributed by atoms with Crippen LogP contribution in [0.3, 0.4) is 0 Å². The molecule has 25 heavy (non-hydrogen) atoms. The van der Waals surface area contributed by atoms with Crippen LogP contribution in [0.1, 0.15) is 44.1 Å². The van der Waals surface area contributed by atoms with E-state index in [1.54, 1.807) is 10.9 Å². The molecule has 6 nitrogen and oxygen atoms in total. The Morgan fingerprint density at radius 1 is 1.12 bits per heavy atom. The third-order valence-corrected chi connectivity index (χ3v) is 4.72. The van der Waals surface area contributed by atoms with E-state index in [9.17, 15) is 9.90 Å². The molecule has 1 aliphatic carbocycles. The summed E-state index contributed by atoms with van der Waals surface area (Å²) in [4.78, 5) is 12.0. The zero-order chi connectivity index (χ0) is 17.5. The van der Waals surface area contributed by atoms with Crippen LogP contribution in [-0.2, 0) is 6.54 Å². The number of urea groups is 1. The summed E-state index contributed by atoms with van der Waals surface area (Å²) in [5, 5.41) is 20.5.